The highest BCUT2D eigenvalue weighted by atomic mass is 16.2. The number of carbonyl (C=O) groups excluding carboxylic acids is 1. The molecule has 9 nitrogen and oxygen atoms in total. The summed E-state index contributed by atoms with van der Waals surface area (Å²) in [4.78, 5) is 36.8. The number of hydrogen-bond acceptors (Lipinski definition) is 5. The van der Waals surface area contributed by atoms with E-state index < -0.39 is 0 Å². The van der Waals surface area contributed by atoms with Crippen molar-refractivity contribution in [3.8, 4) is 0 Å². The number of anilines is 1. The van der Waals surface area contributed by atoms with Gasteiger partial charge in [-0.1, -0.05) is 0 Å². The molecule has 1 aliphatic rings. The monoisotopic (exact) mass is 363 g/mol. The van der Waals surface area contributed by atoms with E-state index in [9.17, 15) is 9.59 Å². The molecule has 0 unspecified atom stereocenters. The number of nitrogens with one attached hydrogen (secondary N) is 2. The van der Waals surface area contributed by atoms with Gasteiger partial charge in [0.2, 0.25) is 5.91 Å². The minimum absolute atomic E-state index is 0.0909. The Hall–Kier alpha value is -2.58. The lowest BCUT2D eigenvalue weighted by Crippen LogP contribution is -2.54. The summed E-state index contributed by atoms with van der Waals surface area (Å²) in [7, 11) is 1.72. The summed E-state index contributed by atoms with van der Waals surface area (Å²) < 4.78 is 1.54. The predicted octanol–water partition coefficient (Wildman–Crippen LogP) is -0.608. The van der Waals surface area contributed by atoms with Gasteiger partial charge in [0.1, 0.15) is 6.54 Å². The van der Waals surface area contributed by atoms with Gasteiger partial charge in [-0.3, -0.25) is 9.59 Å². The Labute approximate surface area is 154 Å². The van der Waals surface area contributed by atoms with E-state index in [0.717, 1.165) is 12.5 Å². The summed E-state index contributed by atoms with van der Waals surface area (Å²) in [6, 6.07) is 0.102. The Morgan fingerprint density at radius 1 is 1.31 bits per heavy atom. The van der Waals surface area contributed by atoms with Crippen molar-refractivity contribution >= 4 is 17.7 Å². The molecule has 2 heterocycles. The normalized spacial score (nSPS) is 15.3. The van der Waals surface area contributed by atoms with Gasteiger partial charge < -0.3 is 25.0 Å². The van der Waals surface area contributed by atoms with Crippen molar-refractivity contribution in [1.82, 2.24) is 25.1 Å². The fourth-order valence-electron chi connectivity index (χ4n) is 2.77. The van der Waals surface area contributed by atoms with Crippen molar-refractivity contribution in [2.45, 2.75) is 26.8 Å². The molecule has 144 valence electrons. The summed E-state index contributed by atoms with van der Waals surface area (Å²) in [5, 5.41) is 6.07. The molecule has 0 radical (unpaired) electrons. The molecule has 9 heteroatoms. The topological polar surface area (TPSA) is 94.9 Å². The first-order chi connectivity index (χ1) is 12.4. The second-order valence-corrected chi connectivity index (χ2v) is 6.53. The van der Waals surface area contributed by atoms with Crippen molar-refractivity contribution < 1.29 is 4.79 Å². The molecule has 0 aliphatic carbocycles. The van der Waals surface area contributed by atoms with Gasteiger partial charge in [0.15, 0.2) is 11.8 Å². The smallest absolute Gasteiger partial charge is 0.293 e. The molecular weight excluding hydrogens is 334 g/mol. The lowest BCUT2D eigenvalue weighted by atomic mass is 10.3. The minimum Gasteiger partial charge on any atom is -0.357 e. The molecule has 1 aromatic heterocycles. The number of aryl methyl sites for hydroxylation is 1. The van der Waals surface area contributed by atoms with Crippen LogP contribution in [0.1, 0.15) is 20.8 Å². The number of carbonyl (C=O) groups is 1. The van der Waals surface area contributed by atoms with Crippen LogP contribution in [0, 0.1) is 0 Å². The Kier molecular flexibility index (Phi) is 6.99. The molecule has 1 aliphatic heterocycles. The van der Waals surface area contributed by atoms with E-state index in [2.05, 4.69) is 25.5 Å². The van der Waals surface area contributed by atoms with Crippen LogP contribution in [0.2, 0.25) is 0 Å². The molecule has 0 atom stereocenters. The summed E-state index contributed by atoms with van der Waals surface area (Å²) in [6.45, 7) is 9.44. The Bertz CT molecular complexity index is 691. The average molecular weight is 363 g/mol. The molecule has 0 spiro atoms. The third kappa shape index (κ3) is 5.21. The highest BCUT2D eigenvalue weighted by Gasteiger charge is 2.22. The number of rotatable bonds is 5. The molecule has 1 fully saturated rings. The maximum Gasteiger partial charge on any atom is 0.293 e. The fourth-order valence-corrected chi connectivity index (χ4v) is 2.77. The first kappa shape index (κ1) is 19.7. The zero-order valence-electron chi connectivity index (χ0n) is 16.0. The Morgan fingerprint density at radius 2 is 2.00 bits per heavy atom. The Morgan fingerprint density at radius 3 is 2.62 bits per heavy atom. The van der Waals surface area contributed by atoms with E-state index in [1.807, 2.05) is 25.7 Å². The summed E-state index contributed by atoms with van der Waals surface area (Å²) in [5.41, 5.74) is -0.0909. The SMILES string of the molecule is CCNC(=NCC(=O)NC(C)C)N1CCN(c2nccn(C)c2=O)CC1. The second-order valence-electron chi connectivity index (χ2n) is 6.53. The zero-order chi connectivity index (χ0) is 19.1. The predicted molar refractivity (Wildman–Crippen MR) is 103 cm³/mol. The van der Waals surface area contributed by atoms with Crippen LogP contribution in [0.4, 0.5) is 5.82 Å². The standard InChI is InChI=1S/C17H29N7O2/c1-5-18-17(20-12-14(25)21-13(2)3)24-10-8-23(9-11-24)15-16(26)22(4)7-6-19-15/h6-7,13H,5,8-12H2,1-4H3,(H,18,20)(H,21,25). The van der Waals surface area contributed by atoms with E-state index in [-0.39, 0.29) is 24.1 Å². The average Bonchev–Trinajstić information content (AvgIpc) is 2.60. The van der Waals surface area contributed by atoms with Crippen LogP contribution in [-0.4, -0.2) is 71.6 Å². The zero-order valence-corrected chi connectivity index (χ0v) is 16.0. The maximum atomic E-state index is 12.2. The summed E-state index contributed by atoms with van der Waals surface area (Å²) >= 11 is 0. The van der Waals surface area contributed by atoms with Gasteiger partial charge in [0, 0.05) is 58.2 Å². The molecular formula is C17H29N7O2. The van der Waals surface area contributed by atoms with Gasteiger partial charge in [-0.05, 0) is 20.8 Å². The summed E-state index contributed by atoms with van der Waals surface area (Å²) in [6.07, 6.45) is 3.29. The van der Waals surface area contributed by atoms with Gasteiger partial charge in [-0.25, -0.2) is 9.98 Å². The number of aliphatic imine (C=N–C) groups is 1. The first-order valence-electron chi connectivity index (χ1n) is 9.01. The van der Waals surface area contributed by atoms with E-state index in [1.165, 1.54) is 4.57 Å². The molecule has 0 bridgehead atoms. The van der Waals surface area contributed by atoms with Gasteiger partial charge >= 0.3 is 0 Å². The van der Waals surface area contributed by atoms with Crippen molar-refractivity contribution in [1.29, 1.82) is 0 Å². The van der Waals surface area contributed by atoms with Gasteiger partial charge in [-0.2, -0.15) is 0 Å². The van der Waals surface area contributed by atoms with E-state index in [0.29, 0.717) is 32.0 Å². The second kappa shape index (κ2) is 9.21. The van der Waals surface area contributed by atoms with Crippen LogP contribution >= 0.6 is 0 Å². The largest absolute Gasteiger partial charge is 0.357 e. The molecule has 1 saturated heterocycles. The molecule has 2 N–H and O–H groups in total. The van der Waals surface area contributed by atoms with Crippen molar-refractivity contribution in [2.75, 3.05) is 44.2 Å². The minimum atomic E-state index is -0.0916. The van der Waals surface area contributed by atoms with Crippen LogP contribution in [0.3, 0.4) is 0 Å². The molecule has 0 saturated carbocycles. The third-order valence-corrected chi connectivity index (χ3v) is 4.03. The molecule has 1 aromatic rings. The summed E-state index contributed by atoms with van der Waals surface area (Å²) in [5.74, 6) is 1.11. The quantitative estimate of drug-likeness (QED) is 0.535. The van der Waals surface area contributed by atoms with Gasteiger partial charge in [-0.15, -0.1) is 0 Å². The van der Waals surface area contributed by atoms with Crippen molar-refractivity contribution in [3.05, 3.63) is 22.7 Å². The van der Waals surface area contributed by atoms with Crippen molar-refractivity contribution in [3.63, 3.8) is 0 Å². The first-order valence-corrected chi connectivity index (χ1v) is 9.01. The van der Waals surface area contributed by atoms with Gasteiger partial charge in [0.25, 0.3) is 5.56 Å². The highest BCUT2D eigenvalue weighted by Crippen LogP contribution is 2.08. The van der Waals surface area contributed by atoms with Crippen LogP contribution in [0.25, 0.3) is 0 Å². The lowest BCUT2D eigenvalue weighted by molar-refractivity contribution is -0.120. The molecule has 2 rings (SSSR count). The van der Waals surface area contributed by atoms with E-state index >= 15 is 0 Å². The maximum absolute atomic E-state index is 12.2. The Balaban J connectivity index is 1.99. The highest BCUT2D eigenvalue weighted by molar-refractivity contribution is 5.85. The number of hydrogen-bond donors (Lipinski definition) is 2. The fraction of sp³-hybridized carbons (Fsp3) is 0.647. The molecule has 1 amide bonds. The lowest BCUT2D eigenvalue weighted by Gasteiger charge is -2.36. The molecule has 26 heavy (non-hydrogen) atoms. The number of amides is 1. The van der Waals surface area contributed by atoms with Crippen LogP contribution < -0.4 is 21.1 Å². The van der Waals surface area contributed by atoms with Crippen LogP contribution in [-0.2, 0) is 11.8 Å². The van der Waals surface area contributed by atoms with E-state index in [4.69, 9.17) is 0 Å². The van der Waals surface area contributed by atoms with E-state index in [1.54, 1.807) is 19.4 Å². The van der Waals surface area contributed by atoms with Crippen LogP contribution in [0.5, 0.6) is 0 Å². The third-order valence-electron chi connectivity index (χ3n) is 4.03. The number of nitrogens with zero attached hydrogens (tertiary/aromatic N) is 5. The number of guanidine groups is 1. The number of aromatic nitrogens is 2. The number of piperazine rings is 1. The molecule has 0 aromatic carbocycles. The van der Waals surface area contributed by atoms with Crippen LogP contribution in [0.15, 0.2) is 22.2 Å². The van der Waals surface area contributed by atoms with Crippen molar-refractivity contribution in [2.24, 2.45) is 12.0 Å². The van der Waals surface area contributed by atoms with Gasteiger partial charge in [0.05, 0.1) is 0 Å².